The minimum atomic E-state index is -2.93. The average molecular weight is 425 g/mol. The summed E-state index contributed by atoms with van der Waals surface area (Å²) in [6.45, 7) is 5.99. The molecule has 166 valence electrons. The molecule has 2 N–H and O–H groups in total. The number of guanidine groups is 1. The Labute approximate surface area is 175 Å². The lowest BCUT2D eigenvalue weighted by atomic mass is 9.97. The highest BCUT2D eigenvalue weighted by Crippen LogP contribution is 2.26. The summed E-state index contributed by atoms with van der Waals surface area (Å²) >= 11 is 0. The van der Waals surface area contributed by atoms with Crippen LogP contribution < -0.4 is 20.1 Å². The van der Waals surface area contributed by atoms with E-state index in [-0.39, 0.29) is 17.7 Å². The number of rotatable bonds is 9. The lowest BCUT2D eigenvalue weighted by molar-refractivity contribution is -0.0505. The third kappa shape index (κ3) is 7.16. The van der Waals surface area contributed by atoms with Gasteiger partial charge in [0.1, 0.15) is 11.5 Å². The van der Waals surface area contributed by atoms with Crippen LogP contribution in [-0.4, -0.2) is 36.4 Å². The SMILES string of the molecule is CCCOc1ccc(CNC(=NC)NCc2noc(C(C)(C)C)n2)c(OC(F)F)c1. The average Bonchev–Trinajstić information content (AvgIpc) is 3.16. The van der Waals surface area contributed by atoms with E-state index in [9.17, 15) is 8.78 Å². The fraction of sp³-hybridized carbons (Fsp3) is 0.550. The van der Waals surface area contributed by atoms with Crippen LogP contribution in [0.25, 0.3) is 0 Å². The molecular weight excluding hydrogens is 396 g/mol. The molecule has 0 fully saturated rings. The second kappa shape index (κ2) is 10.7. The first-order chi connectivity index (χ1) is 14.2. The van der Waals surface area contributed by atoms with Crippen LogP contribution in [0.4, 0.5) is 8.78 Å². The third-order valence-electron chi connectivity index (χ3n) is 3.92. The second-order valence-electron chi connectivity index (χ2n) is 7.54. The van der Waals surface area contributed by atoms with Gasteiger partial charge < -0.3 is 24.6 Å². The van der Waals surface area contributed by atoms with Gasteiger partial charge in [0, 0.05) is 30.6 Å². The van der Waals surface area contributed by atoms with Crippen LogP contribution in [0.1, 0.15) is 51.4 Å². The van der Waals surface area contributed by atoms with E-state index in [4.69, 9.17) is 9.26 Å². The summed E-state index contributed by atoms with van der Waals surface area (Å²) in [5, 5.41) is 10.1. The molecular formula is C20H29F2N5O3. The van der Waals surface area contributed by atoms with Crippen molar-refractivity contribution in [3.63, 3.8) is 0 Å². The molecule has 0 bridgehead atoms. The van der Waals surface area contributed by atoms with Gasteiger partial charge in [-0.2, -0.15) is 13.8 Å². The number of ether oxygens (including phenoxy) is 2. The summed E-state index contributed by atoms with van der Waals surface area (Å²) < 4.78 is 41.0. The van der Waals surface area contributed by atoms with Gasteiger partial charge in [-0.25, -0.2) is 0 Å². The zero-order valence-electron chi connectivity index (χ0n) is 18.0. The van der Waals surface area contributed by atoms with Gasteiger partial charge in [-0.3, -0.25) is 4.99 Å². The van der Waals surface area contributed by atoms with Crippen LogP contribution in [0.3, 0.4) is 0 Å². The third-order valence-corrected chi connectivity index (χ3v) is 3.92. The number of aromatic nitrogens is 2. The maximum Gasteiger partial charge on any atom is 0.387 e. The standard InChI is InChI=1S/C20H29F2N5O3/c1-6-9-28-14-8-7-13(15(10-14)29-18(21)22)11-24-19(23-5)25-12-16-26-17(30-27-16)20(2,3)4/h7-8,10,18H,6,9,11-12H2,1-5H3,(H2,23,24,25). The highest BCUT2D eigenvalue weighted by atomic mass is 19.3. The molecule has 10 heteroatoms. The van der Waals surface area contributed by atoms with Crippen LogP contribution in [0.15, 0.2) is 27.7 Å². The lowest BCUT2D eigenvalue weighted by Crippen LogP contribution is -2.36. The Morgan fingerprint density at radius 1 is 1.23 bits per heavy atom. The van der Waals surface area contributed by atoms with Gasteiger partial charge in [-0.1, -0.05) is 32.9 Å². The minimum Gasteiger partial charge on any atom is -0.493 e. The Bertz CT molecular complexity index is 834. The van der Waals surface area contributed by atoms with E-state index >= 15 is 0 Å². The number of aliphatic imine (C=N–C) groups is 1. The summed E-state index contributed by atoms with van der Waals surface area (Å²) in [7, 11) is 1.60. The van der Waals surface area contributed by atoms with Crippen LogP contribution in [0, 0.1) is 0 Å². The van der Waals surface area contributed by atoms with E-state index in [1.807, 2.05) is 27.7 Å². The summed E-state index contributed by atoms with van der Waals surface area (Å²) in [5.41, 5.74) is 0.302. The van der Waals surface area contributed by atoms with Crippen molar-refractivity contribution in [1.82, 2.24) is 20.8 Å². The molecule has 0 amide bonds. The molecule has 30 heavy (non-hydrogen) atoms. The number of hydrogen-bond donors (Lipinski definition) is 2. The highest BCUT2D eigenvalue weighted by Gasteiger charge is 2.21. The normalized spacial score (nSPS) is 12.2. The zero-order valence-corrected chi connectivity index (χ0v) is 18.0. The van der Waals surface area contributed by atoms with Crippen molar-refractivity contribution in [3.8, 4) is 11.5 Å². The van der Waals surface area contributed by atoms with Gasteiger partial charge in [-0.15, -0.1) is 0 Å². The van der Waals surface area contributed by atoms with Gasteiger partial charge in [0.25, 0.3) is 0 Å². The molecule has 8 nitrogen and oxygen atoms in total. The van der Waals surface area contributed by atoms with Gasteiger partial charge in [-0.05, 0) is 18.6 Å². The van der Waals surface area contributed by atoms with Crippen molar-refractivity contribution in [3.05, 3.63) is 35.5 Å². The summed E-state index contributed by atoms with van der Waals surface area (Å²) in [5.74, 6) is 2.01. The number of halogens is 2. The Morgan fingerprint density at radius 3 is 2.57 bits per heavy atom. The summed E-state index contributed by atoms with van der Waals surface area (Å²) in [6, 6.07) is 4.86. The van der Waals surface area contributed by atoms with Crippen molar-refractivity contribution >= 4 is 5.96 Å². The molecule has 2 rings (SSSR count). The van der Waals surface area contributed by atoms with Crippen LogP contribution >= 0.6 is 0 Å². The van der Waals surface area contributed by atoms with Crippen molar-refractivity contribution < 1.29 is 22.8 Å². The molecule has 0 unspecified atom stereocenters. The molecule has 0 radical (unpaired) electrons. The van der Waals surface area contributed by atoms with Gasteiger partial charge in [0.05, 0.1) is 13.2 Å². The van der Waals surface area contributed by atoms with Crippen LogP contribution in [-0.2, 0) is 18.5 Å². The molecule has 1 aromatic heterocycles. The molecule has 0 aliphatic carbocycles. The zero-order chi connectivity index (χ0) is 22.1. The topological polar surface area (TPSA) is 93.8 Å². The van der Waals surface area contributed by atoms with Gasteiger partial charge in [0.2, 0.25) is 5.89 Å². The number of hydrogen-bond acceptors (Lipinski definition) is 6. The molecule has 0 atom stereocenters. The van der Waals surface area contributed by atoms with Crippen molar-refractivity contribution in [2.24, 2.45) is 4.99 Å². The monoisotopic (exact) mass is 425 g/mol. The largest absolute Gasteiger partial charge is 0.493 e. The van der Waals surface area contributed by atoms with Gasteiger partial charge >= 0.3 is 6.61 Å². The van der Waals surface area contributed by atoms with E-state index in [2.05, 4.69) is 30.5 Å². The molecule has 0 saturated heterocycles. The number of alkyl halides is 2. The number of nitrogens with one attached hydrogen (secondary N) is 2. The molecule has 2 aromatic rings. The molecule has 0 aliphatic rings. The first-order valence-electron chi connectivity index (χ1n) is 9.71. The Hall–Kier alpha value is -2.91. The minimum absolute atomic E-state index is 0.0505. The maximum absolute atomic E-state index is 12.8. The van der Waals surface area contributed by atoms with Crippen molar-refractivity contribution in [1.29, 1.82) is 0 Å². The highest BCUT2D eigenvalue weighted by molar-refractivity contribution is 5.79. The molecule has 1 aromatic carbocycles. The first kappa shape index (κ1) is 23.4. The molecule has 0 spiro atoms. The van der Waals surface area contributed by atoms with Crippen molar-refractivity contribution in [2.75, 3.05) is 13.7 Å². The van der Waals surface area contributed by atoms with E-state index in [0.29, 0.717) is 42.1 Å². The molecule has 0 aliphatic heterocycles. The second-order valence-corrected chi connectivity index (χ2v) is 7.54. The number of benzene rings is 1. The fourth-order valence-electron chi connectivity index (χ4n) is 2.39. The van der Waals surface area contributed by atoms with Gasteiger partial charge in [0.15, 0.2) is 11.8 Å². The first-order valence-corrected chi connectivity index (χ1v) is 9.71. The van der Waals surface area contributed by atoms with Crippen LogP contribution in [0.5, 0.6) is 11.5 Å². The smallest absolute Gasteiger partial charge is 0.387 e. The number of nitrogens with zero attached hydrogens (tertiary/aromatic N) is 3. The Morgan fingerprint density at radius 2 is 1.97 bits per heavy atom. The van der Waals surface area contributed by atoms with Crippen LogP contribution in [0.2, 0.25) is 0 Å². The fourth-order valence-corrected chi connectivity index (χ4v) is 2.39. The lowest BCUT2D eigenvalue weighted by Gasteiger charge is -2.15. The van der Waals surface area contributed by atoms with E-state index in [1.165, 1.54) is 6.07 Å². The predicted octanol–water partition coefficient (Wildman–Crippen LogP) is 3.62. The molecule has 1 heterocycles. The van der Waals surface area contributed by atoms with E-state index in [0.717, 1.165) is 6.42 Å². The Balaban J connectivity index is 1.98. The predicted molar refractivity (Wildman–Crippen MR) is 109 cm³/mol. The summed E-state index contributed by atoms with van der Waals surface area (Å²) in [4.78, 5) is 8.46. The van der Waals surface area contributed by atoms with E-state index < -0.39 is 6.61 Å². The maximum atomic E-state index is 12.8. The molecule has 0 saturated carbocycles. The Kier molecular flexibility index (Phi) is 8.37. The summed E-state index contributed by atoms with van der Waals surface area (Å²) in [6.07, 6.45) is 0.813. The quantitative estimate of drug-likeness (QED) is 0.468. The van der Waals surface area contributed by atoms with Crippen molar-refractivity contribution in [2.45, 2.75) is 59.2 Å². The van der Waals surface area contributed by atoms with E-state index in [1.54, 1.807) is 19.2 Å².